The highest BCUT2D eigenvalue weighted by atomic mass is 16.5. The van der Waals surface area contributed by atoms with Crippen LogP contribution >= 0.6 is 0 Å². The van der Waals surface area contributed by atoms with Gasteiger partial charge in [0.15, 0.2) is 12.1 Å². The maximum Gasteiger partial charge on any atom is 0.331 e. The van der Waals surface area contributed by atoms with Crippen molar-refractivity contribution in [2.45, 2.75) is 96.9 Å². The summed E-state index contributed by atoms with van der Waals surface area (Å²) in [6.45, 7) is 5.48. The van der Waals surface area contributed by atoms with Gasteiger partial charge in [0.05, 0.1) is 25.4 Å². The largest absolute Gasteiger partial charge is 0.461 e. The molecule has 4 N–H and O–H groups in total. The van der Waals surface area contributed by atoms with E-state index in [-0.39, 0.29) is 25.0 Å². The molecule has 0 heterocycles. The summed E-state index contributed by atoms with van der Waals surface area (Å²) in [6, 6.07) is -2.35. The van der Waals surface area contributed by atoms with Crippen LogP contribution in [0.3, 0.4) is 0 Å². The number of amides is 2. The minimum Gasteiger partial charge on any atom is -0.461 e. The summed E-state index contributed by atoms with van der Waals surface area (Å²) >= 11 is 0. The van der Waals surface area contributed by atoms with Crippen LogP contribution < -0.4 is 10.6 Å². The normalized spacial score (nSPS) is 17.4. The standard InChI is InChI=1S/C22H38N2O8/c1-14(2)31-20(29)16(12-25)23-18(27)10-22(8-6-5-7-9-22)11-19(28)24-17(13-26)21(30)32-15(3)4/h14-17,25-26H,5-13H2,1-4H3,(H,23,27)(H,24,28)/t16-,17-/m1/s1. The van der Waals surface area contributed by atoms with E-state index in [0.29, 0.717) is 12.8 Å². The zero-order valence-corrected chi connectivity index (χ0v) is 19.5. The minimum absolute atomic E-state index is 0.00783. The highest BCUT2D eigenvalue weighted by molar-refractivity contribution is 5.87. The molecule has 0 spiro atoms. The summed E-state index contributed by atoms with van der Waals surface area (Å²) < 4.78 is 10.1. The Hall–Kier alpha value is -2.20. The zero-order chi connectivity index (χ0) is 24.3. The van der Waals surface area contributed by atoms with Crippen molar-refractivity contribution in [1.29, 1.82) is 0 Å². The molecule has 32 heavy (non-hydrogen) atoms. The summed E-state index contributed by atoms with van der Waals surface area (Å²) in [4.78, 5) is 49.5. The van der Waals surface area contributed by atoms with E-state index < -0.39 is 54.5 Å². The van der Waals surface area contributed by atoms with Gasteiger partial charge in [-0.05, 0) is 46.0 Å². The van der Waals surface area contributed by atoms with Gasteiger partial charge in [0.1, 0.15) is 0 Å². The predicted octanol–water partition coefficient (Wildman–Crippen LogP) is 0.575. The summed E-state index contributed by atoms with van der Waals surface area (Å²) in [6.07, 6.45) is 3.16. The lowest BCUT2D eigenvalue weighted by Gasteiger charge is -2.37. The number of ether oxygens (including phenoxy) is 2. The van der Waals surface area contributed by atoms with Crippen molar-refractivity contribution in [2.24, 2.45) is 5.41 Å². The number of esters is 2. The van der Waals surface area contributed by atoms with E-state index in [9.17, 15) is 29.4 Å². The molecule has 1 aliphatic carbocycles. The summed E-state index contributed by atoms with van der Waals surface area (Å²) in [7, 11) is 0. The molecule has 0 aromatic heterocycles. The van der Waals surface area contributed by atoms with Crippen LogP contribution in [0.4, 0.5) is 0 Å². The highest BCUT2D eigenvalue weighted by Gasteiger charge is 2.38. The van der Waals surface area contributed by atoms with Crippen molar-refractivity contribution >= 4 is 23.8 Å². The topological polar surface area (TPSA) is 151 Å². The molecule has 2 atom stereocenters. The molecule has 0 saturated heterocycles. The summed E-state index contributed by atoms with van der Waals surface area (Å²) in [5.41, 5.74) is -0.643. The Bertz CT molecular complexity index is 596. The van der Waals surface area contributed by atoms with Gasteiger partial charge in [0, 0.05) is 12.8 Å². The van der Waals surface area contributed by atoms with Gasteiger partial charge in [-0.25, -0.2) is 9.59 Å². The number of carbonyl (C=O) groups is 4. The molecule has 0 aromatic rings. The van der Waals surface area contributed by atoms with Gasteiger partial charge in [-0.3, -0.25) is 9.59 Å². The number of aliphatic hydroxyl groups is 2. The fourth-order valence-corrected chi connectivity index (χ4v) is 3.88. The van der Waals surface area contributed by atoms with Crippen LogP contribution in [-0.4, -0.2) is 71.5 Å². The first kappa shape index (κ1) is 27.8. The lowest BCUT2D eigenvalue weighted by molar-refractivity contribution is -0.153. The van der Waals surface area contributed by atoms with Crippen LogP contribution in [0.5, 0.6) is 0 Å². The molecule has 1 aliphatic rings. The van der Waals surface area contributed by atoms with E-state index in [1.807, 2.05) is 0 Å². The Kier molecular flexibility index (Phi) is 11.6. The second kappa shape index (κ2) is 13.4. The number of nitrogens with one attached hydrogen (secondary N) is 2. The number of aliphatic hydroxyl groups excluding tert-OH is 2. The first-order chi connectivity index (χ1) is 15.0. The lowest BCUT2D eigenvalue weighted by atomic mass is 9.69. The molecule has 0 unspecified atom stereocenters. The maximum absolute atomic E-state index is 12.7. The first-order valence-corrected chi connectivity index (χ1v) is 11.2. The van der Waals surface area contributed by atoms with E-state index in [2.05, 4.69) is 10.6 Å². The van der Waals surface area contributed by atoms with Gasteiger partial charge >= 0.3 is 11.9 Å². The van der Waals surface area contributed by atoms with Crippen LogP contribution in [0.25, 0.3) is 0 Å². The van der Waals surface area contributed by atoms with Crippen molar-refractivity contribution in [2.75, 3.05) is 13.2 Å². The van der Waals surface area contributed by atoms with Crippen LogP contribution in [0.15, 0.2) is 0 Å². The van der Waals surface area contributed by atoms with Crippen LogP contribution in [-0.2, 0) is 28.7 Å². The number of carbonyl (C=O) groups excluding carboxylic acids is 4. The Balaban J connectivity index is 2.80. The molecule has 2 amide bonds. The van der Waals surface area contributed by atoms with Gasteiger partial charge in [0.25, 0.3) is 0 Å². The van der Waals surface area contributed by atoms with E-state index in [4.69, 9.17) is 9.47 Å². The molecule has 0 aliphatic heterocycles. The fraction of sp³-hybridized carbons (Fsp3) is 0.818. The molecule has 1 rings (SSSR count). The molecule has 0 aromatic carbocycles. The molecule has 1 saturated carbocycles. The quantitative estimate of drug-likeness (QED) is 0.310. The zero-order valence-electron chi connectivity index (χ0n) is 19.5. The average molecular weight is 459 g/mol. The smallest absolute Gasteiger partial charge is 0.331 e. The Morgan fingerprint density at radius 1 is 0.750 bits per heavy atom. The van der Waals surface area contributed by atoms with Crippen molar-refractivity contribution in [3.63, 3.8) is 0 Å². The average Bonchev–Trinajstić information content (AvgIpc) is 2.69. The van der Waals surface area contributed by atoms with E-state index in [1.54, 1.807) is 27.7 Å². The van der Waals surface area contributed by atoms with Crippen LogP contribution in [0, 0.1) is 5.41 Å². The monoisotopic (exact) mass is 458 g/mol. The predicted molar refractivity (Wildman–Crippen MR) is 115 cm³/mol. The molecular formula is C22H38N2O8. The molecule has 10 heteroatoms. The second-order valence-electron chi connectivity index (χ2n) is 8.99. The molecule has 1 fully saturated rings. The Labute approximate surface area is 189 Å². The Morgan fingerprint density at radius 3 is 1.44 bits per heavy atom. The molecule has 0 radical (unpaired) electrons. The van der Waals surface area contributed by atoms with Gasteiger partial charge in [-0.1, -0.05) is 19.3 Å². The van der Waals surface area contributed by atoms with E-state index >= 15 is 0 Å². The van der Waals surface area contributed by atoms with Crippen molar-refractivity contribution < 1.29 is 38.9 Å². The molecule has 0 bridgehead atoms. The molecule has 10 nitrogen and oxygen atoms in total. The minimum atomic E-state index is -1.18. The third-order valence-corrected chi connectivity index (χ3v) is 5.29. The lowest BCUT2D eigenvalue weighted by Crippen LogP contribution is -2.48. The highest BCUT2D eigenvalue weighted by Crippen LogP contribution is 2.42. The van der Waals surface area contributed by atoms with E-state index in [0.717, 1.165) is 19.3 Å². The number of rotatable bonds is 12. The second-order valence-corrected chi connectivity index (χ2v) is 8.99. The third-order valence-electron chi connectivity index (χ3n) is 5.29. The third kappa shape index (κ3) is 9.52. The fourth-order valence-electron chi connectivity index (χ4n) is 3.88. The Morgan fingerprint density at radius 2 is 1.12 bits per heavy atom. The van der Waals surface area contributed by atoms with Gasteiger partial charge in [0.2, 0.25) is 11.8 Å². The van der Waals surface area contributed by atoms with Crippen molar-refractivity contribution in [3.8, 4) is 0 Å². The summed E-state index contributed by atoms with van der Waals surface area (Å²) in [5.74, 6) is -2.36. The SMILES string of the molecule is CC(C)OC(=O)[C@@H](CO)NC(=O)CC1(CC(=O)N[C@H](CO)C(=O)OC(C)C)CCCCC1. The number of hydrogen-bond acceptors (Lipinski definition) is 8. The van der Waals surface area contributed by atoms with Crippen LogP contribution in [0.2, 0.25) is 0 Å². The first-order valence-electron chi connectivity index (χ1n) is 11.2. The molecular weight excluding hydrogens is 420 g/mol. The van der Waals surface area contributed by atoms with Gasteiger partial charge in [-0.2, -0.15) is 0 Å². The maximum atomic E-state index is 12.7. The summed E-state index contributed by atoms with van der Waals surface area (Å²) in [5, 5.41) is 23.9. The van der Waals surface area contributed by atoms with Gasteiger partial charge in [-0.15, -0.1) is 0 Å². The van der Waals surface area contributed by atoms with Gasteiger partial charge < -0.3 is 30.3 Å². The van der Waals surface area contributed by atoms with Crippen molar-refractivity contribution in [1.82, 2.24) is 10.6 Å². The van der Waals surface area contributed by atoms with Crippen LogP contribution in [0.1, 0.15) is 72.6 Å². The number of hydrogen-bond donors (Lipinski definition) is 4. The molecule has 184 valence electrons. The van der Waals surface area contributed by atoms with E-state index in [1.165, 1.54) is 0 Å². The van der Waals surface area contributed by atoms with Crippen molar-refractivity contribution in [3.05, 3.63) is 0 Å².